The lowest BCUT2D eigenvalue weighted by Crippen LogP contribution is -2.39. The molecule has 0 heterocycles. The lowest BCUT2D eigenvalue weighted by molar-refractivity contribution is -0.143. The summed E-state index contributed by atoms with van der Waals surface area (Å²) >= 11 is 0. The molecule has 0 saturated carbocycles. The highest BCUT2D eigenvalue weighted by molar-refractivity contribution is 6.05. The first kappa shape index (κ1) is 28.7. The van der Waals surface area contributed by atoms with Crippen LogP contribution in [0.1, 0.15) is 43.0 Å². The Morgan fingerprint density at radius 1 is 0.842 bits per heavy atom. The molecule has 0 fully saturated rings. The summed E-state index contributed by atoms with van der Waals surface area (Å²) in [5, 5.41) is 14.5. The van der Waals surface area contributed by atoms with Gasteiger partial charge in [-0.3, -0.25) is 9.59 Å². The standard InChI is InChI=1S/C26H23F6N3O3/c27-25(28,29)18-10-19(26(30,31)32)12-20(11-18)34-24(38)22-4-2-1-3-17(22)9-21(14-36)35-23(37)16-7-5-15(13-33)6-8-16/h1-8,10-12,21,36H,9,13-14,33H2,(H,34,38)(H,35,37)/t21-/m1/s1. The molecule has 0 aliphatic heterocycles. The first-order valence-corrected chi connectivity index (χ1v) is 11.2. The second kappa shape index (κ2) is 11.7. The molecule has 6 nitrogen and oxygen atoms in total. The number of alkyl halides is 6. The molecule has 3 rings (SSSR count). The second-order valence-electron chi connectivity index (χ2n) is 8.36. The molecule has 0 saturated heterocycles. The van der Waals surface area contributed by atoms with Gasteiger partial charge in [0.2, 0.25) is 0 Å². The molecule has 0 aliphatic rings. The van der Waals surface area contributed by atoms with Gasteiger partial charge in [0.25, 0.3) is 11.8 Å². The third kappa shape index (κ3) is 7.33. The minimum Gasteiger partial charge on any atom is -0.394 e. The van der Waals surface area contributed by atoms with E-state index in [0.29, 0.717) is 23.3 Å². The van der Waals surface area contributed by atoms with E-state index in [-0.39, 0.29) is 24.6 Å². The average molecular weight is 539 g/mol. The van der Waals surface area contributed by atoms with Crippen LogP contribution in [-0.2, 0) is 25.3 Å². The number of aliphatic hydroxyl groups is 1. The van der Waals surface area contributed by atoms with Gasteiger partial charge in [-0.2, -0.15) is 26.3 Å². The smallest absolute Gasteiger partial charge is 0.394 e. The van der Waals surface area contributed by atoms with E-state index in [2.05, 4.69) is 10.6 Å². The number of amides is 2. The number of nitrogens with one attached hydrogen (secondary N) is 2. The minimum atomic E-state index is -5.07. The molecular weight excluding hydrogens is 516 g/mol. The quantitative estimate of drug-likeness (QED) is 0.310. The van der Waals surface area contributed by atoms with E-state index >= 15 is 0 Å². The van der Waals surface area contributed by atoms with Crippen LogP contribution in [0, 0.1) is 0 Å². The van der Waals surface area contributed by atoms with Gasteiger partial charge in [0.1, 0.15) is 0 Å². The molecule has 0 unspecified atom stereocenters. The minimum absolute atomic E-state index is 0.0400. The molecule has 0 bridgehead atoms. The fourth-order valence-electron chi connectivity index (χ4n) is 3.63. The van der Waals surface area contributed by atoms with E-state index < -0.39 is 53.6 Å². The molecule has 5 N–H and O–H groups in total. The number of hydrogen-bond acceptors (Lipinski definition) is 4. The van der Waals surface area contributed by atoms with Gasteiger partial charge in [-0.25, -0.2) is 0 Å². The van der Waals surface area contributed by atoms with Crippen molar-refractivity contribution < 1.29 is 41.0 Å². The molecular formula is C26H23F6N3O3. The van der Waals surface area contributed by atoms with Crippen LogP contribution in [0.4, 0.5) is 32.0 Å². The Bertz CT molecular complexity index is 1260. The van der Waals surface area contributed by atoms with E-state index in [1.54, 1.807) is 30.3 Å². The summed E-state index contributed by atoms with van der Waals surface area (Å²) < 4.78 is 79.0. The van der Waals surface area contributed by atoms with Crippen molar-refractivity contribution in [3.05, 3.63) is 100 Å². The SMILES string of the molecule is NCc1ccc(C(=O)N[C@@H](CO)Cc2ccccc2C(=O)Nc2cc(C(F)(F)F)cc(C(F)(F)F)c2)cc1. The Balaban J connectivity index is 1.82. The number of rotatable bonds is 8. The van der Waals surface area contributed by atoms with Crippen molar-refractivity contribution in [3.63, 3.8) is 0 Å². The van der Waals surface area contributed by atoms with E-state index in [0.717, 1.165) is 5.56 Å². The zero-order valence-corrected chi connectivity index (χ0v) is 19.7. The first-order chi connectivity index (χ1) is 17.8. The highest BCUT2D eigenvalue weighted by Gasteiger charge is 2.37. The van der Waals surface area contributed by atoms with Gasteiger partial charge in [-0.1, -0.05) is 30.3 Å². The first-order valence-electron chi connectivity index (χ1n) is 11.2. The molecule has 202 valence electrons. The van der Waals surface area contributed by atoms with E-state index in [9.17, 15) is 41.0 Å². The number of benzene rings is 3. The van der Waals surface area contributed by atoms with Crippen LogP contribution in [0.3, 0.4) is 0 Å². The van der Waals surface area contributed by atoms with Gasteiger partial charge in [-0.05, 0) is 53.9 Å². The van der Waals surface area contributed by atoms with E-state index in [1.165, 1.54) is 18.2 Å². The largest absolute Gasteiger partial charge is 0.416 e. The summed E-state index contributed by atoms with van der Waals surface area (Å²) in [5.41, 5.74) is 3.05. The normalized spacial score (nSPS) is 12.6. The highest BCUT2D eigenvalue weighted by atomic mass is 19.4. The maximum Gasteiger partial charge on any atom is 0.416 e. The Morgan fingerprint density at radius 3 is 1.95 bits per heavy atom. The summed E-state index contributed by atoms with van der Waals surface area (Å²) in [6.45, 7) is -0.219. The number of carbonyl (C=O) groups is 2. The van der Waals surface area contributed by atoms with Gasteiger partial charge in [0, 0.05) is 23.4 Å². The van der Waals surface area contributed by atoms with E-state index in [4.69, 9.17) is 5.73 Å². The zero-order chi connectivity index (χ0) is 28.1. The molecule has 1 atom stereocenters. The van der Waals surface area contributed by atoms with Crippen LogP contribution in [0.15, 0.2) is 66.7 Å². The highest BCUT2D eigenvalue weighted by Crippen LogP contribution is 2.37. The Hall–Kier alpha value is -3.90. The lowest BCUT2D eigenvalue weighted by atomic mass is 9.99. The topological polar surface area (TPSA) is 104 Å². The van der Waals surface area contributed by atoms with Crippen molar-refractivity contribution in [3.8, 4) is 0 Å². The van der Waals surface area contributed by atoms with Crippen molar-refractivity contribution in [2.24, 2.45) is 5.73 Å². The van der Waals surface area contributed by atoms with Gasteiger partial charge in [0.15, 0.2) is 0 Å². The molecule has 0 aliphatic carbocycles. The number of carbonyl (C=O) groups excluding carboxylic acids is 2. The van der Waals surface area contributed by atoms with Crippen molar-refractivity contribution in [1.82, 2.24) is 5.32 Å². The fraction of sp³-hybridized carbons (Fsp3) is 0.231. The Kier molecular flexibility index (Phi) is 8.79. The molecule has 3 aromatic rings. The van der Waals surface area contributed by atoms with Crippen molar-refractivity contribution in [2.45, 2.75) is 31.4 Å². The van der Waals surface area contributed by atoms with Gasteiger partial charge >= 0.3 is 12.4 Å². The van der Waals surface area contributed by atoms with Crippen molar-refractivity contribution in [2.75, 3.05) is 11.9 Å². The third-order valence-corrected chi connectivity index (χ3v) is 5.58. The predicted molar refractivity (Wildman–Crippen MR) is 127 cm³/mol. The summed E-state index contributed by atoms with van der Waals surface area (Å²) in [7, 11) is 0. The second-order valence-corrected chi connectivity index (χ2v) is 8.36. The van der Waals surface area contributed by atoms with Gasteiger partial charge < -0.3 is 21.5 Å². The molecule has 3 aromatic carbocycles. The van der Waals surface area contributed by atoms with Crippen LogP contribution < -0.4 is 16.4 Å². The molecule has 0 aromatic heterocycles. The van der Waals surface area contributed by atoms with Gasteiger partial charge in [0.05, 0.1) is 23.8 Å². The summed E-state index contributed by atoms with van der Waals surface area (Å²) in [6.07, 6.45) is -10.2. The van der Waals surface area contributed by atoms with Crippen molar-refractivity contribution in [1.29, 1.82) is 0 Å². The average Bonchev–Trinajstić information content (AvgIpc) is 2.87. The number of aliphatic hydroxyl groups excluding tert-OH is 1. The van der Waals surface area contributed by atoms with Crippen LogP contribution in [-0.4, -0.2) is 29.6 Å². The molecule has 0 radical (unpaired) electrons. The maximum atomic E-state index is 13.2. The molecule has 0 spiro atoms. The lowest BCUT2D eigenvalue weighted by Gasteiger charge is -2.19. The number of anilines is 1. The van der Waals surface area contributed by atoms with Crippen LogP contribution in [0.5, 0.6) is 0 Å². The van der Waals surface area contributed by atoms with Gasteiger partial charge in [-0.15, -0.1) is 0 Å². The Morgan fingerprint density at radius 2 is 1.42 bits per heavy atom. The van der Waals surface area contributed by atoms with Crippen LogP contribution in [0.2, 0.25) is 0 Å². The summed E-state index contributed by atoms with van der Waals surface area (Å²) in [5.74, 6) is -1.47. The third-order valence-electron chi connectivity index (χ3n) is 5.58. The predicted octanol–water partition coefficient (Wildman–Crippen LogP) is 4.77. The summed E-state index contributed by atoms with van der Waals surface area (Å²) in [6, 6.07) is 12.2. The number of nitrogens with two attached hydrogens (primary N) is 1. The number of halogens is 6. The maximum absolute atomic E-state index is 13.2. The molecule has 2 amide bonds. The van der Waals surface area contributed by atoms with E-state index in [1.807, 2.05) is 0 Å². The van der Waals surface area contributed by atoms with Crippen molar-refractivity contribution >= 4 is 17.5 Å². The van der Waals surface area contributed by atoms with Crippen LogP contribution in [0.25, 0.3) is 0 Å². The fourth-order valence-corrected chi connectivity index (χ4v) is 3.63. The summed E-state index contributed by atoms with van der Waals surface area (Å²) in [4.78, 5) is 25.5. The Labute approximate surface area is 213 Å². The monoisotopic (exact) mass is 539 g/mol. The van der Waals surface area contributed by atoms with Crippen LogP contribution >= 0.6 is 0 Å². The molecule has 38 heavy (non-hydrogen) atoms. The molecule has 12 heteroatoms. The number of hydrogen-bond donors (Lipinski definition) is 4. The zero-order valence-electron chi connectivity index (χ0n) is 19.7.